The van der Waals surface area contributed by atoms with Gasteiger partial charge in [0.05, 0.1) is 10.0 Å². The SMILES string of the molecule is CNC(c1ccc(Cl)c(Cl)c1)C(C)C1CC1. The highest BCUT2D eigenvalue weighted by Crippen LogP contribution is 2.43. The summed E-state index contributed by atoms with van der Waals surface area (Å²) in [4.78, 5) is 0. The van der Waals surface area contributed by atoms with Gasteiger partial charge in [0, 0.05) is 6.04 Å². The predicted octanol–water partition coefficient (Wildman–Crippen LogP) is 4.30. The molecule has 0 heterocycles. The summed E-state index contributed by atoms with van der Waals surface area (Å²) in [5, 5.41) is 4.65. The van der Waals surface area contributed by atoms with Crippen molar-refractivity contribution in [2.24, 2.45) is 11.8 Å². The first kappa shape index (κ1) is 12.2. The topological polar surface area (TPSA) is 12.0 Å². The third-order valence-electron chi connectivity index (χ3n) is 3.51. The van der Waals surface area contributed by atoms with Crippen LogP contribution in [0.5, 0.6) is 0 Å². The van der Waals surface area contributed by atoms with Gasteiger partial charge in [-0.1, -0.05) is 36.2 Å². The first-order chi connectivity index (χ1) is 7.63. The van der Waals surface area contributed by atoms with Gasteiger partial charge in [-0.25, -0.2) is 0 Å². The molecule has 0 spiro atoms. The molecule has 0 saturated heterocycles. The summed E-state index contributed by atoms with van der Waals surface area (Å²) in [6.07, 6.45) is 2.72. The molecule has 1 fully saturated rings. The van der Waals surface area contributed by atoms with E-state index in [2.05, 4.69) is 18.3 Å². The van der Waals surface area contributed by atoms with Crippen LogP contribution in [0, 0.1) is 11.8 Å². The Balaban J connectivity index is 2.21. The molecule has 0 aromatic heterocycles. The third-order valence-corrected chi connectivity index (χ3v) is 4.24. The van der Waals surface area contributed by atoms with E-state index in [9.17, 15) is 0 Å². The Morgan fingerprint density at radius 2 is 1.94 bits per heavy atom. The van der Waals surface area contributed by atoms with Crippen molar-refractivity contribution >= 4 is 23.2 Å². The standard InChI is InChI=1S/C13H17Cl2N/c1-8(9-3-4-9)13(16-2)10-5-6-11(14)12(15)7-10/h5-9,13,16H,3-4H2,1-2H3. The fraction of sp³-hybridized carbons (Fsp3) is 0.538. The Morgan fingerprint density at radius 1 is 1.25 bits per heavy atom. The molecule has 0 bridgehead atoms. The van der Waals surface area contributed by atoms with E-state index in [0.717, 1.165) is 5.92 Å². The van der Waals surface area contributed by atoms with E-state index >= 15 is 0 Å². The first-order valence-electron chi connectivity index (χ1n) is 5.75. The van der Waals surface area contributed by atoms with E-state index in [-0.39, 0.29) is 0 Å². The number of hydrogen-bond donors (Lipinski definition) is 1. The van der Waals surface area contributed by atoms with Crippen molar-refractivity contribution in [3.8, 4) is 0 Å². The highest BCUT2D eigenvalue weighted by atomic mass is 35.5. The molecule has 1 aromatic carbocycles. The van der Waals surface area contributed by atoms with E-state index in [1.807, 2.05) is 19.2 Å². The normalized spacial score (nSPS) is 19.5. The van der Waals surface area contributed by atoms with Crippen LogP contribution in [0.25, 0.3) is 0 Å². The van der Waals surface area contributed by atoms with Gasteiger partial charge in [-0.15, -0.1) is 0 Å². The quantitative estimate of drug-likeness (QED) is 0.849. The summed E-state index contributed by atoms with van der Waals surface area (Å²) >= 11 is 12.0. The summed E-state index contributed by atoms with van der Waals surface area (Å²) < 4.78 is 0. The fourth-order valence-corrected chi connectivity index (χ4v) is 2.64. The van der Waals surface area contributed by atoms with E-state index in [4.69, 9.17) is 23.2 Å². The first-order valence-corrected chi connectivity index (χ1v) is 6.51. The summed E-state index contributed by atoms with van der Waals surface area (Å²) in [6.45, 7) is 2.31. The average Bonchev–Trinajstić information content (AvgIpc) is 3.07. The number of rotatable bonds is 4. The molecule has 2 rings (SSSR count). The van der Waals surface area contributed by atoms with Crippen LogP contribution in [0.1, 0.15) is 31.4 Å². The summed E-state index contributed by atoms with van der Waals surface area (Å²) in [6, 6.07) is 6.30. The average molecular weight is 258 g/mol. The zero-order chi connectivity index (χ0) is 11.7. The third kappa shape index (κ3) is 2.53. The van der Waals surface area contributed by atoms with Crippen LogP contribution >= 0.6 is 23.2 Å². The monoisotopic (exact) mass is 257 g/mol. The molecule has 3 heteroatoms. The molecule has 1 aliphatic carbocycles. The van der Waals surface area contributed by atoms with Gasteiger partial charge in [-0.3, -0.25) is 0 Å². The van der Waals surface area contributed by atoms with Crippen LogP contribution in [0.3, 0.4) is 0 Å². The van der Waals surface area contributed by atoms with Crippen molar-refractivity contribution in [3.05, 3.63) is 33.8 Å². The molecular formula is C13H17Cl2N. The number of benzene rings is 1. The van der Waals surface area contributed by atoms with Crippen LogP contribution in [0.2, 0.25) is 10.0 Å². The highest BCUT2D eigenvalue weighted by Gasteiger charge is 2.33. The van der Waals surface area contributed by atoms with Gasteiger partial charge in [0.1, 0.15) is 0 Å². The van der Waals surface area contributed by atoms with Gasteiger partial charge in [-0.05, 0) is 49.4 Å². The molecule has 0 aliphatic heterocycles. The minimum atomic E-state index is 0.377. The predicted molar refractivity (Wildman–Crippen MR) is 70.2 cm³/mol. The molecule has 0 radical (unpaired) electrons. The van der Waals surface area contributed by atoms with Gasteiger partial charge in [-0.2, -0.15) is 0 Å². The molecule has 1 saturated carbocycles. The second-order valence-electron chi connectivity index (χ2n) is 4.64. The van der Waals surface area contributed by atoms with Crippen molar-refractivity contribution in [1.29, 1.82) is 0 Å². The van der Waals surface area contributed by atoms with Crippen LogP contribution < -0.4 is 5.32 Å². The largest absolute Gasteiger partial charge is 0.313 e. The second-order valence-corrected chi connectivity index (χ2v) is 5.45. The molecule has 1 aliphatic rings. The molecular weight excluding hydrogens is 241 g/mol. The lowest BCUT2D eigenvalue weighted by atomic mass is 9.91. The summed E-state index contributed by atoms with van der Waals surface area (Å²) in [5.41, 5.74) is 1.23. The lowest BCUT2D eigenvalue weighted by Crippen LogP contribution is -2.24. The van der Waals surface area contributed by atoms with Gasteiger partial charge in [0.25, 0.3) is 0 Å². The number of hydrogen-bond acceptors (Lipinski definition) is 1. The molecule has 1 nitrogen and oxygen atoms in total. The molecule has 2 atom stereocenters. The van der Waals surface area contributed by atoms with Gasteiger partial charge < -0.3 is 5.32 Å². The Kier molecular flexibility index (Phi) is 3.78. The van der Waals surface area contributed by atoms with Crippen LogP contribution in [-0.2, 0) is 0 Å². The summed E-state index contributed by atoms with van der Waals surface area (Å²) in [7, 11) is 2.01. The van der Waals surface area contributed by atoms with E-state index < -0.39 is 0 Å². The zero-order valence-electron chi connectivity index (χ0n) is 9.63. The van der Waals surface area contributed by atoms with Crippen LogP contribution in [0.4, 0.5) is 0 Å². The fourth-order valence-electron chi connectivity index (χ4n) is 2.33. The maximum absolute atomic E-state index is 6.06. The molecule has 1 N–H and O–H groups in total. The highest BCUT2D eigenvalue weighted by molar-refractivity contribution is 6.42. The van der Waals surface area contributed by atoms with Crippen LogP contribution in [-0.4, -0.2) is 7.05 Å². The van der Waals surface area contributed by atoms with Crippen molar-refractivity contribution in [3.63, 3.8) is 0 Å². The molecule has 16 heavy (non-hydrogen) atoms. The Bertz CT molecular complexity index is 374. The van der Waals surface area contributed by atoms with E-state index in [0.29, 0.717) is 22.0 Å². The molecule has 2 unspecified atom stereocenters. The number of halogens is 2. The lowest BCUT2D eigenvalue weighted by Gasteiger charge is -2.24. The van der Waals surface area contributed by atoms with Gasteiger partial charge in [0.15, 0.2) is 0 Å². The number of nitrogens with one attached hydrogen (secondary N) is 1. The summed E-state index contributed by atoms with van der Waals surface area (Å²) in [5.74, 6) is 1.52. The maximum Gasteiger partial charge on any atom is 0.0595 e. The van der Waals surface area contributed by atoms with E-state index in [1.165, 1.54) is 18.4 Å². The zero-order valence-corrected chi connectivity index (χ0v) is 11.1. The smallest absolute Gasteiger partial charge is 0.0595 e. The molecule has 88 valence electrons. The Hall–Kier alpha value is -0.240. The van der Waals surface area contributed by atoms with Crippen molar-refractivity contribution in [1.82, 2.24) is 5.32 Å². The van der Waals surface area contributed by atoms with Crippen molar-refractivity contribution in [2.75, 3.05) is 7.05 Å². The minimum Gasteiger partial charge on any atom is -0.313 e. The lowest BCUT2D eigenvalue weighted by molar-refractivity contribution is 0.369. The van der Waals surface area contributed by atoms with Gasteiger partial charge in [0.2, 0.25) is 0 Å². The Labute approximate surface area is 107 Å². The van der Waals surface area contributed by atoms with E-state index in [1.54, 1.807) is 0 Å². The van der Waals surface area contributed by atoms with Crippen molar-refractivity contribution < 1.29 is 0 Å². The van der Waals surface area contributed by atoms with Crippen molar-refractivity contribution in [2.45, 2.75) is 25.8 Å². The van der Waals surface area contributed by atoms with Crippen LogP contribution in [0.15, 0.2) is 18.2 Å². The minimum absolute atomic E-state index is 0.377. The molecule has 0 amide bonds. The molecule has 1 aromatic rings. The second kappa shape index (κ2) is 4.95. The maximum atomic E-state index is 6.06. The Morgan fingerprint density at radius 3 is 2.44 bits per heavy atom. The van der Waals surface area contributed by atoms with Gasteiger partial charge >= 0.3 is 0 Å².